The fraction of sp³-hybridized carbons (Fsp3) is 0.357. The van der Waals surface area contributed by atoms with Crippen molar-refractivity contribution in [3.63, 3.8) is 0 Å². The molecule has 0 aromatic heterocycles. The number of allylic oxidation sites excluding steroid dienone is 1. The average molecular weight is 227 g/mol. The van der Waals surface area contributed by atoms with Crippen molar-refractivity contribution in [2.45, 2.75) is 12.8 Å². The van der Waals surface area contributed by atoms with Crippen molar-refractivity contribution in [3.05, 3.63) is 35.9 Å². The largest absolute Gasteiger partial charge is 0.317 e. The SMILES string of the molecule is C1=Cc2ccccc2NN=C1C1CCNCC1. The fourth-order valence-electron chi connectivity index (χ4n) is 2.43. The Balaban J connectivity index is 1.83. The molecular weight excluding hydrogens is 210 g/mol. The predicted octanol–water partition coefficient (Wildman–Crippen LogP) is 2.48. The van der Waals surface area contributed by atoms with E-state index < -0.39 is 0 Å². The zero-order valence-corrected chi connectivity index (χ0v) is 9.82. The van der Waals surface area contributed by atoms with Gasteiger partial charge >= 0.3 is 0 Å². The molecule has 0 bridgehead atoms. The molecule has 2 aliphatic heterocycles. The van der Waals surface area contributed by atoms with Crippen molar-refractivity contribution < 1.29 is 0 Å². The first-order valence-electron chi connectivity index (χ1n) is 6.25. The minimum atomic E-state index is 0.592. The van der Waals surface area contributed by atoms with Crippen molar-refractivity contribution in [1.29, 1.82) is 0 Å². The van der Waals surface area contributed by atoms with Crippen molar-refractivity contribution in [1.82, 2.24) is 5.32 Å². The van der Waals surface area contributed by atoms with Gasteiger partial charge < -0.3 is 5.32 Å². The highest BCUT2D eigenvalue weighted by atomic mass is 15.3. The van der Waals surface area contributed by atoms with Gasteiger partial charge in [-0.25, -0.2) is 0 Å². The maximum absolute atomic E-state index is 4.54. The Morgan fingerprint density at radius 1 is 1.06 bits per heavy atom. The number of piperidine rings is 1. The molecule has 0 aliphatic carbocycles. The maximum Gasteiger partial charge on any atom is 0.0639 e. The number of para-hydroxylation sites is 1. The van der Waals surface area contributed by atoms with Gasteiger partial charge in [0, 0.05) is 5.92 Å². The minimum Gasteiger partial charge on any atom is -0.317 e. The van der Waals surface area contributed by atoms with E-state index in [4.69, 9.17) is 0 Å². The molecule has 0 spiro atoms. The summed E-state index contributed by atoms with van der Waals surface area (Å²) in [6.45, 7) is 2.20. The molecule has 0 saturated carbocycles. The van der Waals surface area contributed by atoms with E-state index >= 15 is 0 Å². The monoisotopic (exact) mass is 227 g/mol. The summed E-state index contributed by atoms with van der Waals surface area (Å²) in [6.07, 6.45) is 6.69. The van der Waals surface area contributed by atoms with Crippen LogP contribution in [0.5, 0.6) is 0 Å². The molecule has 2 N–H and O–H groups in total. The van der Waals surface area contributed by atoms with E-state index in [1.807, 2.05) is 6.07 Å². The van der Waals surface area contributed by atoms with E-state index in [1.54, 1.807) is 0 Å². The molecule has 0 amide bonds. The van der Waals surface area contributed by atoms with Crippen LogP contribution in [0.3, 0.4) is 0 Å². The van der Waals surface area contributed by atoms with Crippen LogP contribution in [0.1, 0.15) is 18.4 Å². The van der Waals surface area contributed by atoms with Crippen LogP contribution in [0.25, 0.3) is 6.08 Å². The fourth-order valence-corrected chi connectivity index (χ4v) is 2.43. The van der Waals surface area contributed by atoms with Gasteiger partial charge in [-0.1, -0.05) is 24.3 Å². The number of benzene rings is 1. The number of rotatable bonds is 1. The topological polar surface area (TPSA) is 36.4 Å². The molecule has 0 radical (unpaired) electrons. The normalized spacial score (nSPS) is 20.1. The number of fused-ring (bicyclic) bond motifs is 1. The minimum absolute atomic E-state index is 0.592. The van der Waals surface area contributed by atoms with Gasteiger partial charge in [-0.3, -0.25) is 5.43 Å². The van der Waals surface area contributed by atoms with Crippen LogP contribution >= 0.6 is 0 Å². The quantitative estimate of drug-likeness (QED) is 0.773. The van der Waals surface area contributed by atoms with Crippen LogP contribution in [0.4, 0.5) is 5.69 Å². The molecule has 0 unspecified atom stereocenters. The van der Waals surface area contributed by atoms with Crippen LogP contribution in [0, 0.1) is 5.92 Å². The molecule has 1 fully saturated rings. The third-order valence-electron chi connectivity index (χ3n) is 3.46. The van der Waals surface area contributed by atoms with Crippen molar-refractivity contribution >= 4 is 17.5 Å². The molecule has 88 valence electrons. The van der Waals surface area contributed by atoms with E-state index in [1.165, 1.54) is 24.1 Å². The lowest BCUT2D eigenvalue weighted by Crippen LogP contribution is -2.31. The van der Waals surface area contributed by atoms with E-state index in [9.17, 15) is 0 Å². The Morgan fingerprint density at radius 3 is 2.76 bits per heavy atom. The summed E-state index contributed by atoms with van der Waals surface area (Å²) < 4.78 is 0. The first-order chi connectivity index (χ1) is 8.43. The van der Waals surface area contributed by atoms with Gasteiger partial charge in [-0.05, 0) is 43.6 Å². The molecular formula is C14H17N3. The predicted molar refractivity (Wildman–Crippen MR) is 72.1 cm³/mol. The number of hydrazone groups is 1. The molecule has 17 heavy (non-hydrogen) atoms. The summed E-state index contributed by atoms with van der Waals surface area (Å²) in [7, 11) is 0. The Labute approximate surface area is 102 Å². The smallest absolute Gasteiger partial charge is 0.0639 e. The summed E-state index contributed by atoms with van der Waals surface area (Å²) in [5.41, 5.74) is 6.66. The second-order valence-electron chi connectivity index (χ2n) is 4.59. The summed E-state index contributed by atoms with van der Waals surface area (Å²) in [5.74, 6) is 0.592. The second kappa shape index (κ2) is 4.72. The van der Waals surface area contributed by atoms with Crippen molar-refractivity contribution in [2.24, 2.45) is 11.0 Å². The molecule has 3 heteroatoms. The van der Waals surface area contributed by atoms with Crippen molar-refractivity contribution in [2.75, 3.05) is 18.5 Å². The van der Waals surface area contributed by atoms with Crippen LogP contribution in [-0.4, -0.2) is 18.8 Å². The van der Waals surface area contributed by atoms with Crippen LogP contribution < -0.4 is 10.7 Å². The Kier molecular flexibility index (Phi) is 2.92. The number of hydrogen-bond donors (Lipinski definition) is 2. The molecule has 0 atom stereocenters. The maximum atomic E-state index is 4.54. The lowest BCUT2D eigenvalue weighted by molar-refractivity contribution is 0.457. The Hall–Kier alpha value is -1.61. The van der Waals surface area contributed by atoms with Gasteiger partial charge in [-0.15, -0.1) is 0 Å². The lowest BCUT2D eigenvalue weighted by atomic mass is 9.92. The average Bonchev–Trinajstić information content (AvgIpc) is 2.62. The summed E-state index contributed by atoms with van der Waals surface area (Å²) in [6, 6.07) is 8.26. The highest BCUT2D eigenvalue weighted by Crippen LogP contribution is 2.22. The van der Waals surface area contributed by atoms with Crippen LogP contribution in [0.2, 0.25) is 0 Å². The summed E-state index contributed by atoms with van der Waals surface area (Å²) in [5, 5.41) is 7.93. The lowest BCUT2D eigenvalue weighted by Gasteiger charge is -2.22. The zero-order valence-electron chi connectivity index (χ0n) is 9.82. The van der Waals surface area contributed by atoms with Gasteiger partial charge in [0.1, 0.15) is 0 Å². The molecule has 3 rings (SSSR count). The molecule has 1 aromatic rings. The van der Waals surface area contributed by atoms with E-state index in [0.717, 1.165) is 18.8 Å². The van der Waals surface area contributed by atoms with E-state index in [0.29, 0.717) is 5.92 Å². The van der Waals surface area contributed by atoms with Crippen LogP contribution in [0.15, 0.2) is 35.4 Å². The highest BCUT2D eigenvalue weighted by molar-refractivity contribution is 6.02. The highest BCUT2D eigenvalue weighted by Gasteiger charge is 2.18. The number of anilines is 1. The molecule has 2 heterocycles. The second-order valence-corrected chi connectivity index (χ2v) is 4.59. The Morgan fingerprint density at radius 2 is 1.88 bits per heavy atom. The number of hydrogen-bond acceptors (Lipinski definition) is 3. The molecule has 2 aliphatic rings. The van der Waals surface area contributed by atoms with Crippen LogP contribution in [-0.2, 0) is 0 Å². The van der Waals surface area contributed by atoms with Crippen molar-refractivity contribution in [3.8, 4) is 0 Å². The zero-order chi connectivity index (χ0) is 11.5. The van der Waals surface area contributed by atoms with Gasteiger partial charge in [0.05, 0.1) is 11.4 Å². The Bertz CT molecular complexity index is 456. The number of nitrogens with zero attached hydrogens (tertiary/aromatic N) is 1. The third-order valence-corrected chi connectivity index (χ3v) is 3.46. The number of nitrogens with one attached hydrogen (secondary N) is 2. The standard InChI is InChI=1S/C14H17N3/c1-2-4-13-11(3-1)5-6-14(17-16-13)12-7-9-15-10-8-12/h1-6,12,15-16H,7-10H2. The molecule has 1 aromatic carbocycles. The van der Waals surface area contributed by atoms with E-state index in [2.05, 4.69) is 46.2 Å². The van der Waals surface area contributed by atoms with E-state index in [-0.39, 0.29) is 0 Å². The summed E-state index contributed by atoms with van der Waals surface area (Å²) >= 11 is 0. The van der Waals surface area contributed by atoms with Gasteiger partial charge in [-0.2, -0.15) is 5.10 Å². The molecule has 1 saturated heterocycles. The van der Waals surface area contributed by atoms with Gasteiger partial charge in [0.25, 0.3) is 0 Å². The summed E-state index contributed by atoms with van der Waals surface area (Å²) in [4.78, 5) is 0. The first-order valence-corrected chi connectivity index (χ1v) is 6.25. The first kappa shape index (κ1) is 10.5. The van der Waals surface area contributed by atoms with Gasteiger partial charge in [0.2, 0.25) is 0 Å². The third kappa shape index (κ3) is 2.24. The molecule has 3 nitrogen and oxygen atoms in total. The van der Waals surface area contributed by atoms with Gasteiger partial charge in [0.15, 0.2) is 0 Å².